The second-order valence-corrected chi connectivity index (χ2v) is 6.03. The number of hydrogen-bond acceptors (Lipinski definition) is 3. The molecule has 3 heteroatoms. The minimum atomic E-state index is 1.08. The first-order valence-corrected chi connectivity index (χ1v) is 7.65. The summed E-state index contributed by atoms with van der Waals surface area (Å²) in [6, 6.07) is 8.68. The Hall–Kier alpha value is -0.930. The van der Waals surface area contributed by atoms with Gasteiger partial charge in [0, 0.05) is 50.9 Å². The van der Waals surface area contributed by atoms with Crippen LogP contribution in [0.5, 0.6) is 0 Å². The SMILES string of the molecule is CN(C)c1ccc(C=CCN2CCSCC2)cc1. The largest absolute Gasteiger partial charge is 0.378 e. The van der Waals surface area contributed by atoms with Gasteiger partial charge < -0.3 is 4.90 Å². The summed E-state index contributed by atoms with van der Waals surface area (Å²) < 4.78 is 0. The molecular weight excluding hydrogens is 240 g/mol. The maximum atomic E-state index is 2.52. The van der Waals surface area contributed by atoms with Gasteiger partial charge in [-0.15, -0.1) is 0 Å². The number of thioether (sulfide) groups is 1. The van der Waals surface area contributed by atoms with Gasteiger partial charge in [0.25, 0.3) is 0 Å². The van der Waals surface area contributed by atoms with Crippen molar-refractivity contribution in [3.8, 4) is 0 Å². The van der Waals surface area contributed by atoms with Crippen molar-refractivity contribution >= 4 is 23.5 Å². The lowest BCUT2D eigenvalue weighted by Crippen LogP contribution is -2.32. The Balaban J connectivity index is 1.84. The maximum Gasteiger partial charge on any atom is 0.0361 e. The summed E-state index contributed by atoms with van der Waals surface area (Å²) >= 11 is 2.06. The van der Waals surface area contributed by atoms with E-state index in [1.807, 2.05) is 0 Å². The van der Waals surface area contributed by atoms with E-state index in [0.29, 0.717) is 0 Å². The zero-order chi connectivity index (χ0) is 12.8. The molecule has 0 aliphatic carbocycles. The fraction of sp³-hybridized carbons (Fsp3) is 0.467. The normalized spacial score (nSPS) is 17.2. The Kier molecular flexibility index (Phi) is 5.14. The van der Waals surface area contributed by atoms with Crippen LogP contribution in [-0.4, -0.2) is 50.1 Å². The van der Waals surface area contributed by atoms with Crippen molar-refractivity contribution in [2.45, 2.75) is 0 Å². The predicted molar refractivity (Wildman–Crippen MR) is 83.6 cm³/mol. The molecule has 0 atom stereocenters. The van der Waals surface area contributed by atoms with Crippen molar-refractivity contribution in [3.63, 3.8) is 0 Å². The topological polar surface area (TPSA) is 6.48 Å². The lowest BCUT2D eigenvalue weighted by molar-refractivity contribution is 0.336. The van der Waals surface area contributed by atoms with Gasteiger partial charge in [0.2, 0.25) is 0 Å². The van der Waals surface area contributed by atoms with Gasteiger partial charge in [-0.05, 0) is 17.7 Å². The summed E-state index contributed by atoms with van der Waals surface area (Å²) in [6.07, 6.45) is 4.50. The fourth-order valence-corrected chi connectivity index (χ4v) is 2.98. The quantitative estimate of drug-likeness (QED) is 0.824. The first-order chi connectivity index (χ1) is 8.75. The van der Waals surface area contributed by atoms with Crippen molar-refractivity contribution in [2.24, 2.45) is 0 Å². The summed E-state index contributed by atoms with van der Waals surface area (Å²) in [5.74, 6) is 2.57. The van der Waals surface area contributed by atoms with Crippen LogP contribution in [0.4, 0.5) is 5.69 Å². The summed E-state index contributed by atoms with van der Waals surface area (Å²) in [6.45, 7) is 3.54. The molecule has 2 nitrogen and oxygen atoms in total. The van der Waals surface area contributed by atoms with Gasteiger partial charge in [-0.2, -0.15) is 11.8 Å². The van der Waals surface area contributed by atoms with Gasteiger partial charge in [0.05, 0.1) is 0 Å². The van der Waals surface area contributed by atoms with E-state index in [2.05, 4.69) is 72.1 Å². The van der Waals surface area contributed by atoms with Crippen molar-refractivity contribution in [1.29, 1.82) is 0 Å². The second kappa shape index (κ2) is 6.86. The standard InChI is InChI=1S/C15H22N2S/c1-16(2)15-7-5-14(6-8-15)4-3-9-17-10-12-18-13-11-17/h3-8H,9-13H2,1-2H3. The van der Waals surface area contributed by atoms with E-state index in [1.165, 1.54) is 35.8 Å². The highest BCUT2D eigenvalue weighted by atomic mass is 32.2. The first-order valence-electron chi connectivity index (χ1n) is 6.50. The molecule has 0 radical (unpaired) electrons. The smallest absolute Gasteiger partial charge is 0.0361 e. The molecule has 0 N–H and O–H groups in total. The Morgan fingerprint density at radius 3 is 2.44 bits per heavy atom. The van der Waals surface area contributed by atoms with Crippen LogP contribution in [0.3, 0.4) is 0 Å². The first kappa shape index (κ1) is 13.5. The molecule has 1 aromatic carbocycles. The molecule has 0 spiro atoms. The van der Waals surface area contributed by atoms with Crippen molar-refractivity contribution < 1.29 is 0 Å². The number of nitrogens with zero attached hydrogens (tertiary/aromatic N) is 2. The van der Waals surface area contributed by atoms with Gasteiger partial charge in [0.1, 0.15) is 0 Å². The average Bonchev–Trinajstić information content (AvgIpc) is 2.40. The van der Waals surface area contributed by atoms with Gasteiger partial charge in [-0.3, -0.25) is 4.90 Å². The predicted octanol–water partition coefficient (Wildman–Crippen LogP) is 2.81. The summed E-state index contributed by atoms with van der Waals surface area (Å²) in [5.41, 5.74) is 2.53. The average molecular weight is 262 g/mol. The number of hydrogen-bond donors (Lipinski definition) is 0. The molecule has 98 valence electrons. The van der Waals surface area contributed by atoms with Crippen molar-refractivity contribution in [3.05, 3.63) is 35.9 Å². The monoisotopic (exact) mass is 262 g/mol. The molecule has 1 fully saturated rings. The molecule has 1 heterocycles. The van der Waals surface area contributed by atoms with Gasteiger partial charge in [-0.1, -0.05) is 24.3 Å². The summed E-state index contributed by atoms with van der Waals surface area (Å²) in [7, 11) is 4.14. The summed E-state index contributed by atoms with van der Waals surface area (Å²) in [5, 5.41) is 0. The zero-order valence-electron chi connectivity index (χ0n) is 11.3. The molecule has 18 heavy (non-hydrogen) atoms. The lowest BCUT2D eigenvalue weighted by atomic mass is 10.2. The van der Waals surface area contributed by atoms with E-state index in [1.54, 1.807) is 0 Å². The van der Waals surface area contributed by atoms with E-state index < -0.39 is 0 Å². The number of anilines is 1. The van der Waals surface area contributed by atoms with Crippen LogP contribution in [0.2, 0.25) is 0 Å². The van der Waals surface area contributed by atoms with E-state index in [4.69, 9.17) is 0 Å². The molecule has 1 aromatic rings. The molecule has 2 rings (SSSR count). The molecule has 1 saturated heterocycles. The highest BCUT2D eigenvalue weighted by Crippen LogP contribution is 2.13. The van der Waals surface area contributed by atoms with Crippen LogP contribution in [0, 0.1) is 0 Å². The Bertz CT molecular complexity index is 378. The number of benzene rings is 1. The summed E-state index contributed by atoms with van der Waals surface area (Å²) in [4.78, 5) is 4.64. The van der Waals surface area contributed by atoms with Crippen LogP contribution in [0.15, 0.2) is 30.3 Å². The molecule has 0 saturated carbocycles. The van der Waals surface area contributed by atoms with Crippen LogP contribution < -0.4 is 4.90 Å². The van der Waals surface area contributed by atoms with E-state index in [0.717, 1.165) is 6.54 Å². The molecule has 0 aromatic heterocycles. The molecule has 0 amide bonds. The zero-order valence-corrected chi connectivity index (χ0v) is 12.1. The highest BCUT2D eigenvalue weighted by Gasteiger charge is 2.07. The fourth-order valence-electron chi connectivity index (χ4n) is 2.01. The second-order valence-electron chi connectivity index (χ2n) is 4.80. The van der Waals surface area contributed by atoms with Crippen LogP contribution in [-0.2, 0) is 0 Å². The Morgan fingerprint density at radius 2 is 1.83 bits per heavy atom. The van der Waals surface area contributed by atoms with E-state index >= 15 is 0 Å². The van der Waals surface area contributed by atoms with Crippen molar-refractivity contribution in [1.82, 2.24) is 4.90 Å². The molecule has 0 unspecified atom stereocenters. The van der Waals surface area contributed by atoms with Gasteiger partial charge in [-0.25, -0.2) is 0 Å². The van der Waals surface area contributed by atoms with E-state index in [9.17, 15) is 0 Å². The molecule has 1 aliphatic heterocycles. The minimum Gasteiger partial charge on any atom is -0.378 e. The van der Waals surface area contributed by atoms with Gasteiger partial charge >= 0.3 is 0 Å². The number of rotatable bonds is 4. The molecular formula is C15H22N2S. The molecule has 0 bridgehead atoms. The molecule has 1 aliphatic rings. The Morgan fingerprint density at radius 1 is 1.17 bits per heavy atom. The van der Waals surface area contributed by atoms with Crippen molar-refractivity contribution in [2.75, 3.05) is 50.1 Å². The Labute approximate surface area is 115 Å². The van der Waals surface area contributed by atoms with Crippen LogP contribution in [0.1, 0.15) is 5.56 Å². The third-order valence-corrected chi connectivity index (χ3v) is 4.13. The third-order valence-electron chi connectivity index (χ3n) is 3.19. The van der Waals surface area contributed by atoms with Crippen LogP contribution >= 0.6 is 11.8 Å². The minimum absolute atomic E-state index is 1.08. The third kappa shape index (κ3) is 4.07. The maximum absolute atomic E-state index is 2.52. The van der Waals surface area contributed by atoms with Gasteiger partial charge in [0.15, 0.2) is 0 Å². The lowest BCUT2D eigenvalue weighted by Gasteiger charge is -2.24. The van der Waals surface area contributed by atoms with Crippen LogP contribution in [0.25, 0.3) is 6.08 Å². The highest BCUT2D eigenvalue weighted by molar-refractivity contribution is 7.99. The van der Waals surface area contributed by atoms with E-state index in [-0.39, 0.29) is 0 Å².